The van der Waals surface area contributed by atoms with Gasteiger partial charge in [0.25, 0.3) is 5.91 Å². The number of halogens is 2. The quantitative estimate of drug-likeness (QED) is 0.536. The van der Waals surface area contributed by atoms with E-state index in [0.717, 1.165) is 6.08 Å². The van der Waals surface area contributed by atoms with Crippen LogP contribution in [0.3, 0.4) is 0 Å². The molecule has 0 atom stereocenters. The van der Waals surface area contributed by atoms with Crippen molar-refractivity contribution in [1.29, 1.82) is 0 Å². The zero-order valence-corrected chi connectivity index (χ0v) is 14.1. The van der Waals surface area contributed by atoms with Gasteiger partial charge >= 0.3 is 0 Å². The summed E-state index contributed by atoms with van der Waals surface area (Å²) >= 11 is 9.20. The predicted molar refractivity (Wildman–Crippen MR) is 94.0 cm³/mol. The number of hydrogen-bond acceptors (Lipinski definition) is 3. The van der Waals surface area contributed by atoms with Gasteiger partial charge in [0.1, 0.15) is 11.4 Å². The third kappa shape index (κ3) is 4.34. The highest BCUT2D eigenvalue weighted by Gasteiger charge is 2.13. The highest BCUT2D eigenvalue weighted by atomic mass is 79.9. The zero-order valence-electron chi connectivity index (χ0n) is 11.8. The number of anilines is 2. The Hall–Kier alpha value is -2.31. The van der Waals surface area contributed by atoms with Crippen LogP contribution in [0.15, 0.2) is 53.5 Å². The molecule has 0 unspecified atom stereocenters. The van der Waals surface area contributed by atoms with E-state index in [-0.39, 0.29) is 22.4 Å². The fourth-order valence-electron chi connectivity index (χ4n) is 1.77. The van der Waals surface area contributed by atoms with Crippen LogP contribution in [0.1, 0.15) is 10.4 Å². The van der Waals surface area contributed by atoms with E-state index in [0.29, 0.717) is 15.7 Å². The van der Waals surface area contributed by atoms with E-state index in [9.17, 15) is 14.7 Å². The van der Waals surface area contributed by atoms with Gasteiger partial charge in [0.05, 0.1) is 5.02 Å². The molecule has 7 heteroatoms. The molecule has 0 aliphatic rings. The number of hydrogen-bond donors (Lipinski definition) is 3. The van der Waals surface area contributed by atoms with Gasteiger partial charge in [-0.15, -0.1) is 0 Å². The van der Waals surface area contributed by atoms with Gasteiger partial charge in [-0.25, -0.2) is 0 Å². The van der Waals surface area contributed by atoms with Gasteiger partial charge in [-0.2, -0.15) is 0 Å². The van der Waals surface area contributed by atoms with Gasteiger partial charge in [-0.3, -0.25) is 9.59 Å². The van der Waals surface area contributed by atoms with Crippen molar-refractivity contribution >= 4 is 50.7 Å². The zero-order chi connectivity index (χ0) is 17.0. The van der Waals surface area contributed by atoms with Crippen molar-refractivity contribution in [3.63, 3.8) is 0 Å². The first-order chi connectivity index (χ1) is 10.9. The van der Waals surface area contributed by atoms with E-state index >= 15 is 0 Å². The van der Waals surface area contributed by atoms with E-state index in [1.165, 1.54) is 18.2 Å². The van der Waals surface area contributed by atoms with Crippen LogP contribution in [0, 0.1) is 0 Å². The molecule has 0 heterocycles. The lowest BCUT2D eigenvalue weighted by molar-refractivity contribution is -0.111. The fraction of sp³-hybridized carbons (Fsp3) is 0. The number of carbonyl (C=O) groups is 2. The van der Waals surface area contributed by atoms with Crippen LogP contribution in [-0.4, -0.2) is 16.9 Å². The number of carbonyl (C=O) groups excluding carboxylic acids is 2. The van der Waals surface area contributed by atoms with Gasteiger partial charge in [0, 0.05) is 15.7 Å². The second kappa shape index (κ2) is 7.30. The van der Waals surface area contributed by atoms with E-state index in [1.807, 2.05) is 0 Å². The molecule has 23 heavy (non-hydrogen) atoms. The Labute approximate surface area is 146 Å². The van der Waals surface area contributed by atoms with Crippen LogP contribution < -0.4 is 10.6 Å². The van der Waals surface area contributed by atoms with Crippen LogP contribution in [0.2, 0.25) is 5.02 Å². The molecule has 0 saturated heterocycles. The maximum Gasteiger partial charge on any atom is 0.255 e. The second-order valence-corrected chi connectivity index (χ2v) is 5.83. The number of nitrogens with one attached hydrogen (secondary N) is 2. The van der Waals surface area contributed by atoms with E-state index in [4.69, 9.17) is 11.6 Å². The van der Waals surface area contributed by atoms with Crippen molar-refractivity contribution in [3.05, 3.63) is 64.1 Å². The Bertz CT molecular complexity index is 752. The number of benzene rings is 2. The number of rotatable bonds is 4. The van der Waals surface area contributed by atoms with Crippen LogP contribution in [0.5, 0.6) is 5.75 Å². The Balaban J connectivity index is 2.15. The third-order valence-corrected chi connectivity index (χ3v) is 3.63. The molecular formula is C16H12BrClN2O3. The summed E-state index contributed by atoms with van der Waals surface area (Å²) in [7, 11) is 0. The summed E-state index contributed by atoms with van der Waals surface area (Å²) in [6.45, 7) is 3.36. The molecule has 0 bridgehead atoms. The molecule has 2 aromatic carbocycles. The SMILES string of the molecule is C=CC(=O)Nc1ccc(C(=O)Nc2c(O)cc(Br)cc2Cl)cc1. The van der Waals surface area contributed by atoms with Crippen molar-refractivity contribution in [2.24, 2.45) is 0 Å². The molecule has 0 aromatic heterocycles. The first-order valence-corrected chi connectivity index (χ1v) is 7.60. The average molecular weight is 396 g/mol. The predicted octanol–water partition coefficient (Wildman–Crippen LogP) is 4.18. The summed E-state index contributed by atoms with van der Waals surface area (Å²) in [6, 6.07) is 9.23. The summed E-state index contributed by atoms with van der Waals surface area (Å²) < 4.78 is 0.598. The highest BCUT2D eigenvalue weighted by molar-refractivity contribution is 9.10. The number of phenolic OH excluding ortho intramolecular Hbond substituents is 1. The minimum absolute atomic E-state index is 0.129. The maximum atomic E-state index is 12.2. The smallest absolute Gasteiger partial charge is 0.255 e. The first-order valence-electron chi connectivity index (χ1n) is 6.43. The maximum absolute atomic E-state index is 12.2. The fourth-order valence-corrected chi connectivity index (χ4v) is 2.61. The third-order valence-electron chi connectivity index (χ3n) is 2.87. The van der Waals surface area contributed by atoms with Gasteiger partial charge in [0.2, 0.25) is 5.91 Å². The van der Waals surface area contributed by atoms with E-state index in [1.54, 1.807) is 18.2 Å². The van der Waals surface area contributed by atoms with Crippen LogP contribution >= 0.6 is 27.5 Å². The van der Waals surface area contributed by atoms with E-state index < -0.39 is 5.91 Å². The van der Waals surface area contributed by atoms with Crippen LogP contribution in [0.25, 0.3) is 0 Å². The lowest BCUT2D eigenvalue weighted by Gasteiger charge is -2.10. The highest BCUT2D eigenvalue weighted by Crippen LogP contribution is 2.35. The number of amides is 2. The van der Waals surface area contributed by atoms with Crippen molar-refractivity contribution in [3.8, 4) is 5.75 Å². The summed E-state index contributed by atoms with van der Waals surface area (Å²) in [5.41, 5.74) is 1.01. The molecule has 0 aliphatic heterocycles. The topological polar surface area (TPSA) is 78.4 Å². The Morgan fingerprint density at radius 3 is 2.39 bits per heavy atom. The molecule has 0 spiro atoms. The summed E-state index contributed by atoms with van der Waals surface area (Å²) in [5, 5.41) is 15.2. The van der Waals surface area contributed by atoms with Crippen LogP contribution in [0.4, 0.5) is 11.4 Å². The van der Waals surface area contributed by atoms with E-state index in [2.05, 4.69) is 33.1 Å². The van der Waals surface area contributed by atoms with Crippen molar-refractivity contribution in [2.45, 2.75) is 0 Å². The summed E-state index contributed by atoms with van der Waals surface area (Å²) in [6.07, 6.45) is 1.15. The molecule has 3 N–H and O–H groups in total. The Kier molecular flexibility index (Phi) is 5.41. The second-order valence-electron chi connectivity index (χ2n) is 4.51. The molecule has 0 saturated carbocycles. The molecule has 2 rings (SSSR count). The average Bonchev–Trinajstić information content (AvgIpc) is 2.51. The number of aromatic hydroxyl groups is 1. The molecule has 118 valence electrons. The normalized spacial score (nSPS) is 10.0. The minimum atomic E-state index is -0.439. The van der Waals surface area contributed by atoms with Gasteiger partial charge in [-0.1, -0.05) is 34.1 Å². The molecule has 0 radical (unpaired) electrons. The molecule has 0 fully saturated rings. The minimum Gasteiger partial charge on any atom is -0.506 e. The monoisotopic (exact) mass is 394 g/mol. The summed E-state index contributed by atoms with van der Waals surface area (Å²) in [4.78, 5) is 23.4. The van der Waals surface area contributed by atoms with Crippen molar-refractivity contribution in [1.82, 2.24) is 0 Å². The molecule has 2 amide bonds. The van der Waals surface area contributed by atoms with Crippen molar-refractivity contribution < 1.29 is 14.7 Å². The molecular weight excluding hydrogens is 384 g/mol. The number of phenols is 1. The Morgan fingerprint density at radius 2 is 1.83 bits per heavy atom. The summed E-state index contributed by atoms with van der Waals surface area (Å²) in [5.74, 6) is -0.924. The molecule has 0 aliphatic carbocycles. The molecule has 5 nitrogen and oxygen atoms in total. The lowest BCUT2D eigenvalue weighted by Crippen LogP contribution is -2.13. The largest absolute Gasteiger partial charge is 0.506 e. The first kappa shape index (κ1) is 17.1. The van der Waals surface area contributed by atoms with Gasteiger partial charge in [0.15, 0.2) is 0 Å². The lowest BCUT2D eigenvalue weighted by atomic mass is 10.2. The molecule has 2 aromatic rings. The van der Waals surface area contributed by atoms with Gasteiger partial charge < -0.3 is 15.7 Å². The van der Waals surface area contributed by atoms with Gasteiger partial charge in [-0.05, 0) is 42.5 Å². The van der Waals surface area contributed by atoms with Crippen LogP contribution in [-0.2, 0) is 4.79 Å². The standard InChI is InChI=1S/C16H12BrClN2O3/c1-2-14(22)19-11-5-3-9(4-6-11)16(23)20-15-12(18)7-10(17)8-13(15)21/h2-8,21H,1H2,(H,19,22)(H,20,23). The Morgan fingerprint density at radius 1 is 1.17 bits per heavy atom. The van der Waals surface area contributed by atoms with Crippen molar-refractivity contribution in [2.75, 3.05) is 10.6 Å².